The van der Waals surface area contributed by atoms with Gasteiger partial charge < -0.3 is 19.6 Å². The van der Waals surface area contributed by atoms with Gasteiger partial charge in [-0.3, -0.25) is 4.99 Å². The molecule has 8 heteroatoms. The smallest absolute Gasteiger partial charge is 0.226 e. The first kappa shape index (κ1) is 20.6. The Balaban J connectivity index is 1.41. The van der Waals surface area contributed by atoms with Crippen molar-refractivity contribution in [2.24, 2.45) is 4.99 Å². The fraction of sp³-hybridized carbons (Fsp3) is 0.429. The van der Waals surface area contributed by atoms with Crippen LogP contribution in [0.15, 0.2) is 44.5 Å². The van der Waals surface area contributed by atoms with Crippen LogP contribution in [0.4, 0.5) is 0 Å². The summed E-state index contributed by atoms with van der Waals surface area (Å²) in [6.45, 7) is 7.41. The van der Waals surface area contributed by atoms with Gasteiger partial charge in [0.25, 0.3) is 0 Å². The molecule has 0 amide bonds. The van der Waals surface area contributed by atoms with Gasteiger partial charge in [0.1, 0.15) is 6.26 Å². The Morgan fingerprint density at radius 3 is 2.62 bits per heavy atom. The number of rotatable bonds is 8. The molecule has 29 heavy (non-hydrogen) atoms. The van der Waals surface area contributed by atoms with E-state index in [1.54, 1.807) is 13.3 Å². The summed E-state index contributed by atoms with van der Waals surface area (Å²) in [5.74, 6) is 3.02. The van der Waals surface area contributed by atoms with Crippen molar-refractivity contribution in [3.05, 3.63) is 53.5 Å². The summed E-state index contributed by atoms with van der Waals surface area (Å²) in [6.07, 6.45) is 3.26. The van der Waals surface area contributed by atoms with E-state index >= 15 is 0 Å². The number of aromatic nitrogens is 3. The fourth-order valence-electron chi connectivity index (χ4n) is 2.66. The molecule has 154 valence electrons. The van der Waals surface area contributed by atoms with Crippen LogP contribution in [-0.4, -0.2) is 34.7 Å². The van der Waals surface area contributed by atoms with E-state index in [9.17, 15) is 0 Å². The van der Waals surface area contributed by atoms with Crippen LogP contribution in [0.1, 0.15) is 49.2 Å². The van der Waals surface area contributed by atoms with Crippen LogP contribution in [0.5, 0.6) is 0 Å². The lowest BCUT2D eigenvalue weighted by molar-refractivity contribution is 0.368. The van der Waals surface area contributed by atoms with E-state index in [1.807, 2.05) is 38.1 Å². The zero-order valence-corrected chi connectivity index (χ0v) is 17.4. The lowest BCUT2D eigenvalue weighted by Crippen LogP contribution is -2.37. The van der Waals surface area contributed by atoms with E-state index in [-0.39, 0.29) is 5.92 Å². The number of oxazole rings is 1. The minimum absolute atomic E-state index is 0.275. The summed E-state index contributed by atoms with van der Waals surface area (Å²) < 4.78 is 10.8. The molecule has 3 aromatic rings. The summed E-state index contributed by atoms with van der Waals surface area (Å²) >= 11 is 0. The Kier molecular flexibility index (Phi) is 6.99. The molecule has 2 aromatic heterocycles. The Morgan fingerprint density at radius 2 is 1.93 bits per heavy atom. The van der Waals surface area contributed by atoms with Crippen LogP contribution in [-0.2, 0) is 13.0 Å². The Morgan fingerprint density at radius 1 is 1.14 bits per heavy atom. The Bertz CT molecular complexity index is 927. The first-order chi connectivity index (χ1) is 14.0. The lowest BCUT2D eigenvalue weighted by atomic mass is 10.1. The number of benzene rings is 1. The highest BCUT2D eigenvalue weighted by Gasteiger charge is 2.10. The van der Waals surface area contributed by atoms with E-state index in [0.717, 1.165) is 36.5 Å². The number of aliphatic imine (C=N–C) groups is 1. The van der Waals surface area contributed by atoms with Crippen LogP contribution in [0, 0.1) is 6.92 Å². The van der Waals surface area contributed by atoms with E-state index in [1.165, 1.54) is 5.56 Å². The molecular weight excluding hydrogens is 368 g/mol. The minimum atomic E-state index is 0.275. The highest BCUT2D eigenvalue weighted by molar-refractivity contribution is 5.79. The number of guanidine groups is 1. The average molecular weight is 396 g/mol. The molecular formula is C21H28N6O2. The van der Waals surface area contributed by atoms with Crippen LogP contribution >= 0.6 is 0 Å². The predicted octanol–water partition coefficient (Wildman–Crippen LogP) is 3.45. The highest BCUT2D eigenvalue weighted by atomic mass is 16.5. The summed E-state index contributed by atoms with van der Waals surface area (Å²) in [5, 5.41) is 10.5. The Hall–Kier alpha value is -3.16. The second kappa shape index (κ2) is 9.86. The van der Waals surface area contributed by atoms with Crippen LogP contribution < -0.4 is 10.6 Å². The van der Waals surface area contributed by atoms with Crippen molar-refractivity contribution < 1.29 is 8.94 Å². The molecule has 8 nitrogen and oxygen atoms in total. The van der Waals surface area contributed by atoms with Gasteiger partial charge in [0.05, 0.1) is 12.2 Å². The number of nitrogens with one attached hydrogen (secondary N) is 2. The van der Waals surface area contributed by atoms with Crippen LogP contribution in [0.25, 0.3) is 11.5 Å². The van der Waals surface area contributed by atoms with Crippen molar-refractivity contribution in [1.29, 1.82) is 0 Å². The second-order valence-corrected chi connectivity index (χ2v) is 7.17. The SMILES string of the molecule is CN=C(NCCCc1nc(C(C)C)no1)NCc1coc(-c2ccc(C)cc2)n1. The molecule has 0 aliphatic heterocycles. The van der Waals surface area contributed by atoms with Gasteiger partial charge >= 0.3 is 0 Å². The third-order valence-corrected chi connectivity index (χ3v) is 4.37. The van der Waals surface area contributed by atoms with E-state index in [2.05, 4.69) is 37.7 Å². The zero-order chi connectivity index (χ0) is 20.6. The molecule has 0 unspecified atom stereocenters. The predicted molar refractivity (Wildman–Crippen MR) is 112 cm³/mol. The number of nitrogens with zero attached hydrogens (tertiary/aromatic N) is 4. The van der Waals surface area contributed by atoms with Gasteiger partial charge in [0, 0.05) is 31.5 Å². The van der Waals surface area contributed by atoms with Gasteiger partial charge in [-0.1, -0.05) is 36.7 Å². The lowest BCUT2D eigenvalue weighted by Gasteiger charge is -2.10. The average Bonchev–Trinajstić information content (AvgIpc) is 3.38. The van der Waals surface area contributed by atoms with Gasteiger partial charge in [-0.2, -0.15) is 4.98 Å². The molecule has 0 fully saturated rings. The van der Waals surface area contributed by atoms with Crippen molar-refractivity contribution in [2.75, 3.05) is 13.6 Å². The molecule has 0 aliphatic rings. The van der Waals surface area contributed by atoms with E-state index in [0.29, 0.717) is 24.3 Å². The standard InChI is InChI=1S/C21H28N6O2/c1-14(2)19-26-18(29-27-19)6-5-11-23-21(22-4)24-12-17-13-28-20(25-17)16-9-7-15(3)8-10-16/h7-10,13-14H,5-6,11-12H2,1-4H3,(H2,22,23,24). The molecule has 1 aromatic carbocycles. The molecule has 3 rings (SSSR count). The van der Waals surface area contributed by atoms with Crippen molar-refractivity contribution in [2.45, 2.75) is 46.1 Å². The molecule has 2 heterocycles. The number of hydrogen-bond acceptors (Lipinski definition) is 6. The normalized spacial score (nSPS) is 11.8. The summed E-state index contributed by atoms with van der Waals surface area (Å²) in [4.78, 5) is 13.1. The molecule has 0 aliphatic carbocycles. The van der Waals surface area contributed by atoms with Gasteiger partial charge in [-0.25, -0.2) is 4.98 Å². The largest absolute Gasteiger partial charge is 0.444 e. The maximum atomic E-state index is 5.59. The van der Waals surface area contributed by atoms with Crippen LogP contribution in [0.2, 0.25) is 0 Å². The first-order valence-electron chi connectivity index (χ1n) is 9.83. The van der Waals surface area contributed by atoms with Gasteiger partial charge in [0.2, 0.25) is 11.8 Å². The minimum Gasteiger partial charge on any atom is -0.444 e. The molecule has 0 spiro atoms. The third kappa shape index (κ3) is 5.91. The monoisotopic (exact) mass is 396 g/mol. The first-order valence-corrected chi connectivity index (χ1v) is 9.83. The van der Waals surface area contributed by atoms with Gasteiger partial charge in [-0.05, 0) is 25.5 Å². The van der Waals surface area contributed by atoms with Gasteiger partial charge in [0.15, 0.2) is 11.8 Å². The molecule has 0 bridgehead atoms. The second-order valence-electron chi connectivity index (χ2n) is 7.17. The molecule has 0 atom stereocenters. The van der Waals surface area contributed by atoms with E-state index < -0.39 is 0 Å². The molecule has 0 saturated heterocycles. The van der Waals surface area contributed by atoms with Crippen molar-refractivity contribution in [3.63, 3.8) is 0 Å². The van der Waals surface area contributed by atoms with Crippen molar-refractivity contribution >= 4 is 5.96 Å². The molecule has 2 N–H and O–H groups in total. The third-order valence-electron chi connectivity index (χ3n) is 4.37. The number of aryl methyl sites for hydroxylation is 2. The number of hydrogen-bond donors (Lipinski definition) is 2. The van der Waals surface area contributed by atoms with Crippen molar-refractivity contribution in [3.8, 4) is 11.5 Å². The fourth-order valence-corrected chi connectivity index (χ4v) is 2.66. The molecule has 0 saturated carbocycles. The molecule has 0 radical (unpaired) electrons. The quantitative estimate of drug-likeness (QED) is 0.341. The van der Waals surface area contributed by atoms with E-state index in [4.69, 9.17) is 8.94 Å². The summed E-state index contributed by atoms with van der Waals surface area (Å²) in [5.41, 5.74) is 2.98. The van der Waals surface area contributed by atoms with Gasteiger partial charge in [-0.15, -0.1) is 0 Å². The zero-order valence-electron chi connectivity index (χ0n) is 17.4. The van der Waals surface area contributed by atoms with Crippen molar-refractivity contribution in [1.82, 2.24) is 25.8 Å². The van der Waals surface area contributed by atoms with Crippen LogP contribution in [0.3, 0.4) is 0 Å². The Labute approximate surface area is 170 Å². The highest BCUT2D eigenvalue weighted by Crippen LogP contribution is 2.19. The topological polar surface area (TPSA) is 101 Å². The maximum Gasteiger partial charge on any atom is 0.226 e. The summed E-state index contributed by atoms with van der Waals surface area (Å²) in [7, 11) is 1.74. The summed E-state index contributed by atoms with van der Waals surface area (Å²) in [6, 6.07) is 8.10. The maximum absolute atomic E-state index is 5.59.